The Hall–Kier alpha value is -2.08. The van der Waals surface area contributed by atoms with E-state index >= 15 is 0 Å². The molecule has 3 rings (SSSR count). The molecule has 3 heterocycles. The minimum atomic E-state index is -0.998. The first-order chi connectivity index (χ1) is 8.74. The largest absolute Gasteiger partial charge is 0.476 e. The molecule has 1 aliphatic rings. The molecule has 0 saturated carbocycles. The van der Waals surface area contributed by atoms with Gasteiger partial charge in [-0.2, -0.15) is 0 Å². The number of anilines is 1. The van der Waals surface area contributed by atoms with Crippen molar-refractivity contribution in [2.24, 2.45) is 0 Å². The van der Waals surface area contributed by atoms with Gasteiger partial charge in [0.15, 0.2) is 5.69 Å². The number of carboxylic acids is 1. The van der Waals surface area contributed by atoms with Crippen molar-refractivity contribution in [2.45, 2.75) is 0 Å². The van der Waals surface area contributed by atoms with Crippen LogP contribution < -0.4 is 10.2 Å². The molecule has 6 nitrogen and oxygen atoms in total. The van der Waals surface area contributed by atoms with Gasteiger partial charge in [-0.1, -0.05) is 0 Å². The van der Waals surface area contributed by atoms with E-state index < -0.39 is 5.97 Å². The fourth-order valence-electron chi connectivity index (χ4n) is 2.19. The highest BCUT2D eigenvalue weighted by Gasteiger charge is 2.13. The van der Waals surface area contributed by atoms with Gasteiger partial charge in [0.25, 0.3) is 0 Å². The zero-order chi connectivity index (χ0) is 12.5. The smallest absolute Gasteiger partial charge is 0.356 e. The molecular formula is C12H14N4O2. The standard InChI is InChI=1S/C12H14N4O2/c17-12(18)10-8-16-7-9(1-2-11(16)14-10)15-5-3-13-4-6-15/h1-2,7-8,13H,3-6H2,(H,17,18). The molecule has 1 saturated heterocycles. The van der Waals surface area contributed by atoms with Crippen molar-refractivity contribution in [3.8, 4) is 0 Å². The van der Waals surface area contributed by atoms with Crippen LogP contribution in [0.15, 0.2) is 24.5 Å². The lowest BCUT2D eigenvalue weighted by molar-refractivity contribution is 0.0691. The number of nitrogens with zero attached hydrogens (tertiary/aromatic N) is 3. The van der Waals surface area contributed by atoms with Crippen molar-refractivity contribution in [1.82, 2.24) is 14.7 Å². The number of hydrogen-bond acceptors (Lipinski definition) is 4. The molecule has 2 aromatic rings. The number of carbonyl (C=O) groups is 1. The Morgan fingerprint density at radius 2 is 2.06 bits per heavy atom. The lowest BCUT2D eigenvalue weighted by Crippen LogP contribution is -2.43. The van der Waals surface area contributed by atoms with E-state index in [-0.39, 0.29) is 5.69 Å². The third-order valence-electron chi connectivity index (χ3n) is 3.14. The number of rotatable bonds is 2. The SMILES string of the molecule is O=C(O)c1cn2cc(N3CCNCC3)ccc2n1. The number of hydrogen-bond donors (Lipinski definition) is 2. The summed E-state index contributed by atoms with van der Waals surface area (Å²) in [6, 6.07) is 3.84. The molecule has 0 aliphatic carbocycles. The van der Waals surface area contributed by atoms with Crippen LogP contribution in [0, 0.1) is 0 Å². The molecule has 6 heteroatoms. The number of aromatic carboxylic acids is 1. The molecular weight excluding hydrogens is 232 g/mol. The molecule has 0 bridgehead atoms. The van der Waals surface area contributed by atoms with Crippen LogP contribution in [-0.4, -0.2) is 46.6 Å². The van der Waals surface area contributed by atoms with Crippen molar-refractivity contribution in [1.29, 1.82) is 0 Å². The first-order valence-electron chi connectivity index (χ1n) is 5.92. The maximum absolute atomic E-state index is 10.9. The number of nitrogens with one attached hydrogen (secondary N) is 1. The summed E-state index contributed by atoms with van der Waals surface area (Å²) < 4.78 is 1.76. The number of aromatic nitrogens is 2. The normalized spacial score (nSPS) is 16.1. The summed E-state index contributed by atoms with van der Waals surface area (Å²) in [7, 11) is 0. The number of imidazole rings is 1. The summed E-state index contributed by atoms with van der Waals surface area (Å²) in [4.78, 5) is 17.2. The molecule has 0 radical (unpaired) electrons. The van der Waals surface area contributed by atoms with Gasteiger partial charge in [-0.3, -0.25) is 0 Å². The van der Waals surface area contributed by atoms with Crippen molar-refractivity contribution >= 4 is 17.3 Å². The van der Waals surface area contributed by atoms with E-state index in [2.05, 4.69) is 15.2 Å². The summed E-state index contributed by atoms with van der Waals surface area (Å²) >= 11 is 0. The Labute approximate surface area is 104 Å². The molecule has 0 amide bonds. The lowest BCUT2D eigenvalue weighted by atomic mass is 10.3. The van der Waals surface area contributed by atoms with E-state index in [0.29, 0.717) is 5.65 Å². The summed E-state index contributed by atoms with van der Waals surface area (Å²) in [5, 5.41) is 12.2. The molecule has 1 fully saturated rings. The van der Waals surface area contributed by atoms with Crippen LogP contribution in [0.25, 0.3) is 5.65 Å². The van der Waals surface area contributed by atoms with E-state index in [1.807, 2.05) is 18.3 Å². The van der Waals surface area contributed by atoms with Crippen LogP contribution in [0.5, 0.6) is 0 Å². The summed E-state index contributed by atoms with van der Waals surface area (Å²) in [6.45, 7) is 3.88. The van der Waals surface area contributed by atoms with E-state index in [9.17, 15) is 4.79 Å². The number of pyridine rings is 1. The maximum Gasteiger partial charge on any atom is 0.356 e. The number of fused-ring (bicyclic) bond motifs is 1. The van der Waals surface area contributed by atoms with Gasteiger partial charge >= 0.3 is 5.97 Å². The zero-order valence-corrected chi connectivity index (χ0v) is 9.83. The van der Waals surface area contributed by atoms with Crippen molar-refractivity contribution < 1.29 is 9.90 Å². The average molecular weight is 246 g/mol. The van der Waals surface area contributed by atoms with Gasteiger partial charge in [0, 0.05) is 38.6 Å². The summed E-state index contributed by atoms with van der Waals surface area (Å²) in [6.07, 6.45) is 3.48. The van der Waals surface area contributed by atoms with Gasteiger partial charge in [-0.05, 0) is 12.1 Å². The van der Waals surface area contributed by atoms with Crippen molar-refractivity contribution in [2.75, 3.05) is 31.1 Å². The number of carboxylic acid groups (broad SMARTS) is 1. The highest BCUT2D eigenvalue weighted by atomic mass is 16.4. The van der Waals surface area contributed by atoms with E-state index in [0.717, 1.165) is 31.9 Å². The molecule has 2 aromatic heterocycles. The van der Waals surface area contributed by atoms with E-state index in [1.165, 1.54) is 0 Å². The Balaban J connectivity index is 1.96. The second-order valence-corrected chi connectivity index (χ2v) is 4.32. The highest BCUT2D eigenvalue weighted by Crippen LogP contribution is 2.16. The molecule has 0 atom stereocenters. The first-order valence-corrected chi connectivity index (χ1v) is 5.92. The lowest BCUT2D eigenvalue weighted by Gasteiger charge is -2.29. The Kier molecular flexibility index (Phi) is 2.64. The predicted molar refractivity (Wildman–Crippen MR) is 67.2 cm³/mol. The third kappa shape index (κ3) is 1.91. The molecule has 0 aromatic carbocycles. The minimum Gasteiger partial charge on any atom is -0.476 e. The second kappa shape index (κ2) is 4.30. The minimum absolute atomic E-state index is 0.0764. The maximum atomic E-state index is 10.9. The van der Waals surface area contributed by atoms with Crippen molar-refractivity contribution in [3.05, 3.63) is 30.2 Å². The van der Waals surface area contributed by atoms with E-state index in [4.69, 9.17) is 5.11 Å². The fourth-order valence-corrected chi connectivity index (χ4v) is 2.19. The molecule has 1 aliphatic heterocycles. The van der Waals surface area contributed by atoms with Gasteiger partial charge in [0.2, 0.25) is 0 Å². The molecule has 0 spiro atoms. The Morgan fingerprint density at radius 3 is 2.78 bits per heavy atom. The van der Waals surface area contributed by atoms with Gasteiger partial charge in [-0.15, -0.1) is 0 Å². The predicted octanol–water partition coefficient (Wildman–Crippen LogP) is 0.442. The highest BCUT2D eigenvalue weighted by molar-refractivity contribution is 5.86. The van der Waals surface area contributed by atoms with Crippen LogP contribution in [-0.2, 0) is 0 Å². The first kappa shape index (κ1) is 11.0. The fraction of sp³-hybridized carbons (Fsp3) is 0.333. The molecule has 2 N–H and O–H groups in total. The number of piperazine rings is 1. The average Bonchev–Trinajstić information content (AvgIpc) is 2.82. The van der Waals surface area contributed by atoms with E-state index in [1.54, 1.807) is 10.6 Å². The van der Waals surface area contributed by atoms with Gasteiger partial charge in [0.1, 0.15) is 5.65 Å². The quantitative estimate of drug-likeness (QED) is 0.804. The van der Waals surface area contributed by atoms with Gasteiger partial charge < -0.3 is 19.7 Å². The molecule has 18 heavy (non-hydrogen) atoms. The topological polar surface area (TPSA) is 69.9 Å². The summed E-state index contributed by atoms with van der Waals surface area (Å²) in [5.41, 5.74) is 1.83. The van der Waals surface area contributed by atoms with Crippen LogP contribution in [0.4, 0.5) is 5.69 Å². The molecule has 0 unspecified atom stereocenters. The van der Waals surface area contributed by atoms with Crippen LogP contribution >= 0.6 is 0 Å². The Bertz CT molecular complexity index is 587. The third-order valence-corrected chi connectivity index (χ3v) is 3.14. The second-order valence-electron chi connectivity index (χ2n) is 4.32. The van der Waals surface area contributed by atoms with Crippen molar-refractivity contribution in [3.63, 3.8) is 0 Å². The van der Waals surface area contributed by atoms with Crippen LogP contribution in [0.1, 0.15) is 10.5 Å². The molecule has 94 valence electrons. The zero-order valence-electron chi connectivity index (χ0n) is 9.83. The van der Waals surface area contributed by atoms with Crippen LogP contribution in [0.3, 0.4) is 0 Å². The van der Waals surface area contributed by atoms with Gasteiger partial charge in [0.05, 0.1) is 5.69 Å². The summed E-state index contributed by atoms with van der Waals surface area (Å²) in [5.74, 6) is -0.998. The monoisotopic (exact) mass is 246 g/mol. The van der Waals surface area contributed by atoms with Crippen LogP contribution in [0.2, 0.25) is 0 Å². The Morgan fingerprint density at radius 1 is 1.28 bits per heavy atom. The van der Waals surface area contributed by atoms with Gasteiger partial charge in [-0.25, -0.2) is 9.78 Å².